The maximum Gasteiger partial charge on any atom is 0.0336 e. The van der Waals surface area contributed by atoms with Crippen molar-refractivity contribution < 1.29 is 0 Å². The fourth-order valence-electron chi connectivity index (χ4n) is 3.58. The molecule has 0 aliphatic heterocycles. The fourth-order valence-corrected chi connectivity index (χ4v) is 3.58. The SMILES string of the molecule is CC(C)(c1ccccc1)C(NN)C1CC1c1ccccc1. The van der Waals surface area contributed by atoms with Crippen molar-refractivity contribution in [3.63, 3.8) is 0 Å². The standard InChI is InChI=1S/C19H24N2/c1-19(2,15-11-7-4-8-12-15)18(21-20)17-13-16(17)14-9-5-3-6-10-14/h3-12,16-18,21H,13,20H2,1-2H3. The predicted octanol–water partition coefficient (Wildman–Crippen LogP) is 3.60. The predicted molar refractivity (Wildman–Crippen MR) is 87.9 cm³/mol. The molecule has 1 aliphatic carbocycles. The Labute approximate surface area is 127 Å². The van der Waals surface area contributed by atoms with Gasteiger partial charge in [-0.3, -0.25) is 11.3 Å². The van der Waals surface area contributed by atoms with E-state index in [1.165, 1.54) is 17.5 Å². The van der Waals surface area contributed by atoms with Crippen molar-refractivity contribution in [3.05, 3.63) is 71.8 Å². The number of hydrogen-bond acceptors (Lipinski definition) is 2. The quantitative estimate of drug-likeness (QED) is 0.649. The molecule has 0 saturated heterocycles. The Hall–Kier alpha value is -1.64. The summed E-state index contributed by atoms with van der Waals surface area (Å²) in [6.45, 7) is 4.57. The van der Waals surface area contributed by atoms with Crippen LogP contribution in [0.4, 0.5) is 0 Å². The number of rotatable bonds is 5. The number of hydrazine groups is 1. The summed E-state index contributed by atoms with van der Waals surface area (Å²) in [5, 5.41) is 0. The first-order chi connectivity index (χ1) is 10.1. The second kappa shape index (κ2) is 5.63. The van der Waals surface area contributed by atoms with Crippen LogP contribution in [0.1, 0.15) is 37.3 Å². The first-order valence-electron chi connectivity index (χ1n) is 7.71. The minimum atomic E-state index is 0.0181. The molecule has 21 heavy (non-hydrogen) atoms. The highest BCUT2D eigenvalue weighted by Gasteiger charge is 2.49. The lowest BCUT2D eigenvalue weighted by Gasteiger charge is -2.35. The molecule has 2 heteroatoms. The van der Waals surface area contributed by atoms with Crippen molar-refractivity contribution in [2.45, 2.75) is 37.6 Å². The lowest BCUT2D eigenvalue weighted by molar-refractivity contribution is 0.307. The van der Waals surface area contributed by atoms with Crippen LogP contribution in [0.25, 0.3) is 0 Å². The van der Waals surface area contributed by atoms with Gasteiger partial charge in [-0.1, -0.05) is 74.5 Å². The van der Waals surface area contributed by atoms with E-state index in [9.17, 15) is 0 Å². The monoisotopic (exact) mass is 280 g/mol. The van der Waals surface area contributed by atoms with Crippen LogP contribution in [-0.4, -0.2) is 6.04 Å². The van der Waals surface area contributed by atoms with Gasteiger partial charge in [0, 0.05) is 11.5 Å². The highest BCUT2D eigenvalue weighted by atomic mass is 15.2. The van der Waals surface area contributed by atoms with E-state index < -0.39 is 0 Å². The smallest absolute Gasteiger partial charge is 0.0336 e. The van der Waals surface area contributed by atoms with Gasteiger partial charge in [-0.05, 0) is 29.4 Å². The summed E-state index contributed by atoms with van der Waals surface area (Å²) in [5.74, 6) is 7.17. The average Bonchev–Trinajstić information content (AvgIpc) is 3.30. The van der Waals surface area contributed by atoms with Crippen LogP contribution in [0, 0.1) is 5.92 Å². The highest BCUT2D eigenvalue weighted by Crippen LogP contribution is 2.53. The van der Waals surface area contributed by atoms with Gasteiger partial charge in [0.25, 0.3) is 0 Å². The third kappa shape index (κ3) is 2.74. The van der Waals surface area contributed by atoms with E-state index in [1.54, 1.807) is 0 Å². The Morgan fingerprint density at radius 2 is 1.57 bits per heavy atom. The molecule has 0 bridgehead atoms. The van der Waals surface area contributed by atoms with Gasteiger partial charge in [0.2, 0.25) is 0 Å². The zero-order valence-electron chi connectivity index (χ0n) is 12.8. The van der Waals surface area contributed by atoms with Crippen molar-refractivity contribution in [2.24, 2.45) is 11.8 Å². The Kier molecular flexibility index (Phi) is 3.83. The Morgan fingerprint density at radius 1 is 1.00 bits per heavy atom. The summed E-state index contributed by atoms with van der Waals surface area (Å²) in [6.07, 6.45) is 1.22. The highest BCUT2D eigenvalue weighted by molar-refractivity contribution is 5.32. The molecule has 3 unspecified atom stereocenters. The molecule has 0 heterocycles. The van der Waals surface area contributed by atoms with Crippen LogP contribution >= 0.6 is 0 Å². The van der Waals surface area contributed by atoms with Crippen LogP contribution in [-0.2, 0) is 5.41 Å². The van der Waals surface area contributed by atoms with Crippen LogP contribution in [0.2, 0.25) is 0 Å². The maximum atomic E-state index is 5.93. The third-order valence-electron chi connectivity index (χ3n) is 4.97. The second-order valence-electron chi connectivity index (χ2n) is 6.65. The first kappa shape index (κ1) is 14.3. The lowest BCUT2D eigenvalue weighted by atomic mass is 9.75. The zero-order chi connectivity index (χ0) is 14.9. The molecule has 1 aliphatic rings. The molecule has 0 radical (unpaired) electrons. The van der Waals surface area contributed by atoms with Crippen molar-refractivity contribution in [2.75, 3.05) is 0 Å². The van der Waals surface area contributed by atoms with E-state index in [2.05, 4.69) is 79.9 Å². The average molecular weight is 280 g/mol. The van der Waals surface area contributed by atoms with Crippen LogP contribution in [0.5, 0.6) is 0 Å². The number of hydrogen-bond donors (Lipinski definition) is 2. The van der Waals surface area contributed by atoms with Crippen molar-refractivity contribution in [1.82, 2.24) is 5.43 Å². The molecule has 1 saturated carbocycles. The van der Waals surface area contributed by atoms with Crippen molar-refractivity contribution in [1.29, 1.82) is 0 Å². The number of benzene rings is 2. The maximum absolute atomic E-state index is 5.93. The molecule has 1 fully saturated rings. The number of nitrogens with one attached hydrogen (secondary N) is 1. The molecule has 0 spiro atoms. The Bertz CT molecular complexity index is 577. The first-order valence-corrected chi connectivity index (χ1v) is 7.71. The molecular weight excluding hydrogens is 256 g/mol. The van der Waals surface area contributed by atoms with Gasteiger partial charge in [0.15, 0.2) is 0 Å². The van der Waals surface area contributed by atoms with Gasteiger partial charge in [0.05, 0.1) is 0 Å². The molecule has 3 N–H and O–H groups in total. The Balaban J connectivity index is 1.81. The van der Waals surface area contributed by atoms with Crippen LogP contribution in [0.3, 0.4) is 0 Å². The van der Waals surface area contributed by atoms with Gasteiger partial charge < -0.3 is 0 Å². The molecule has 0 amide bonds. The van der Waals surface area contributed by atoms with E-state index in [0.717, 1.165) is 0 Å². The van der Waals surface area contributed by atoms with E-state index in [1.807, 2.05) is 0 Å². The molecule has 2 aromatic carbocycles. The van der Waals surface area contributed by atoms with E-state index in [4.69, 9.17) is 5.84 Å². The minimum Gasteiger partial charge on any atom is -0.271 e. The topological polar surface area (TPSA) is 38.0 Å². The summed E-state index contributed by atoms with van der Waals surface area (Å²) < 4.78 is 0. The third-order valence-corrected chi connectivity index (χ3v) is 4.97. The zero-order valence-corrected chi connectivity index (χ0v) is 12.8. The summed E-state index contributed by atoms with van der Waals surface area (Å²) in [5.41, 5.74) is 5.90. The summed E-state index contributed by atoms with van der Waals surface area (Å²) in [7, 11) is 0. The number of nitrogens with two attached hydrogens (primary N) is 1. The molecular formula is C19H24N2. The second-order valence-corrected chi connectivity index (χ2v) is 6.65. The normalized spacial score (nSPS) is 22.8. The molecule has 110 valence electrons. The summed E-state index contributed by atoms with van der Waals surface area (Å²) in [4.78, 5) is 0. The molecule has 2 aromatic rings. The van der Waals surface area contributed by atoms with Gasteiger partial charge >= 0.3 is 0 Å². The molecule has 3 atom stereocenters. The van der Waals surface area contributed by atoms with Gasteiger partial charge in [-0.25, -0.2) is 0 Å². The van der Waals surface area contributed by atoms with Crippen molar-refractivity contribution in [3.8, 4) is 0 Å². The fraction of sp³-hybridized carbons (Fsp3) is 0.368. The van der Waals surface area contributed by atoms with Gasteiger partial charge in [-0.2, -0.15) is 0 Å². The van der Waals surface area contributed by atoms with Crippen LogP contribution < -0.4 is 11.3 Å². The molecule has 0 aromatic heterocycles. The van der Waals surface area contributed by atoms with Gasteiger partial charge in [-0.15, -0.1) is 0 Å². The van der Waals surface area contributed by atoms with Crippen molar-refractivity contribution >= 4 is 0 Å². The summed E-state index contributed by atoms with van der Waals surface area (Å²) in [6, 6.07) is 21.7. The molecule has 3 rings (SSSR count). The Morgan fingerprint density at radius 3 is 2.14 bits per heavy atom. The van der Waals surface area contributed by atoms with E-state index >= 15 is 0 Å². The van der Waals surface area contributed by atoms with Gasteiger partial charge in [0.1, 0.15) is 0 Å². The largest absolute Gasteiger partial charge is 0.271 e. The van der Waals surface area contributed by atoms with Crippen LogP contribution in [0.15, 0.2) is 60.7 Å². The summed E-state index contributed by atoms with van der Waals surface area (Å²) >= 11 is 0. The van der Waals surface area contributed by atoms with E-state index in [-0.39, 0.29) is 11.5 Å². The minimum absolute atomic E-state index is 0.0181. The lowest BCUT2D eigenvalue weighted by Crippen LogP contribution is -2.50. The van der Waals surface area contributed by atoms with E-state index in [0.29, 0.717) is 11.8 Å². The molecule has 2 nitrogen and oxygen atoms in total.